The molecular formula is C50H58ClN11O7S. The van der Waals surface area contributed by atoms with Crippen LogP contribution in [0.1, 0.15) is 55.5 Å². The molecule has 5 aromatic rings. The third kappa shape index (κ3) is 9.97. The fraction of sp³-hybridized carbons (Fsp3) is 0.420. The van der Waals surface area contributed by atoms with Crippen LogP contribution < -0.4 is 29.9 Å². The topological polar surface area (TPSA) is 202 Å². The second-order valence-corrected chi connectivity index (χ2v) is 21.7. The maximum Gasteiger partial charge on any atom is 0.317 e. The number of carbonyl (C=O) groups is 2. The first-order valence-electron chi connectivity index (χ1n) is 24.0. The van der Waals surface area contributed by atoms with Gasteiger partial charge in [-0.3, -0.25) is 24.7 Å². The summed E-state index contributed by atoms with van der Waals surface area (Å²) in [6, 6.07) is 21.1. The summed E-state index contributed by atoms with van der Waals surface area (Å²) in [6.07, 6.45) is 5.79. The number of pyridine rings is 1. The first-order valence-corrected chi connectivity index (χ1v) is 25.9. The van der Waals surface area contributed by atoms with Crippen LogP contribution in [0.15, 0.2) is 89.5 Å². The van der Waals surface area contributed by atoms with Crippen LogP contribution in [0.25, 0.3) is 16.6 Å². The van der Waals surface area contributed by atoms with Crippen molar-refractivity contribution in [1.82, 2.24) is 34.7 Å². The SMILES string of the molecule is CC1(C)CCC(CN2CCN(c3ccc(C(=O)NS(=O)(=O)c4ccc(NCCN5CCC6CNC(=O)N6CC5)c([N+](=O)[O-])c4)c(N4CCOc5nc6[nH]ccc6cc54)c3)CC2)=C(c2ccc(Cl)cc2)C1. The molecule has 4 aliphatic heterocycles. The standard InChI is InChI=1S/C50H58ClN11O7S/c1-50(2)14-11-35(41(30-50)33-3-5-36(51)6-4-33)32-58-19-22-59(23-20-58)37-7-9-40(43(28-37)61-25-26-69-48-45(61)27-34-12-15-53-46(34)55-48)47(63)56-70(67,68)39-8-10-42(44(29-39)62(65)66)52-16-18-57-17-13-38-31-54-49(64)60(38)24-21-57/h3-10,12,15,27-29,38,52H,11,13-14,16-26,30-32H2,1-2H3,(H,53,55)(H,54,64)(H,56,63). The highest BCUT2D eigenvalue weighted by molar-refractivity contribution is 7.90. The molecule has 20 heteroatoms. The second-order valence-electron chi connectivity index (χ2n) is 19.6. The van der Waals surface area contributed by atoms with E-state index in [-0.39, 0.29) is 35.3 Å². The highest BCUT2D eigenvalue weighted by Crippen LogP contribution is 2.44. The van der Waals surface area contributed by atoms with Gasteiger partial charge in [-0.15, -0.1) is 0 Å². The number of nitrogens with zero attached hydrogens (tertiary/aromatic N) is 7. The summed E-state index contributed by atoms with van der Waals surface area (Å²) in [5.41, 5.74) is 6.75. The molecule has 3 aromatic carbocycles. The van der Waals surface area contributed by atoms with Crippen molar-refractivity contribution in [3.8, 4) is 5.88 Å². The number of carbonyl (C=O) groups excluding carboxylic acids is 2. The number of urea groups is 1. The lowest BCUT2D eigenvalue weighted by atomic mass is 9.72. The number of aromatic amines is 1. The average Bonchev–Trinajstić information content (AvgIpc) is 3.90. The van der Waals surface area contributed by atoms with Gasteiger partial charge < -0.3 is 35.1 Å². The zero-order valence-corrected chi connectivity index (χ0v) is 41.0. The van der Waals surface area contributed by atoms with Crippen LogP contribution in [0.2, 0.25) is 5.02 Å². The van der Waals surface area contributed by atoms with Gasteiger partial charge in [0.1, 0.15) is 23.6 Å². The predicted molar refractivity (Wildman–Crippen MR) is 271 cm³/mol. The van der Waals surface area contributed by atoms with Crippen LogP contribution >= 0.6 is 11.6 Å². The fourth-order valence-electron chi connectivity index (χ4n) is 10.5. The number of H-pyrrole nitrogens is 1. The second kappa shape index (κ2) is 19.4. The van der Waals surface area contributed by atoms with Gasteiger partial charge in [0.2, 0.25) is 5.88 Å². The predicted octanol–water partition coefficient (Wildman–Crippen LogP) is 7.07. The number of piperazine rings is 1. The number of aromatic nitrogens is 2. The quantitative estimate of drug-likeness (QED) is 0.0690. The number of rotatable bonds is 13. The van der Waals surface area contributed by atoms with Gasteiger partial charge >= 0.3 is 6.03 Å². The number of nitro benzene ring substituents is 1. The van der Waals surface area contributed by atoms with Gasteiger partial charge in [-0.1, -0.05) is 43.2 Å². The minimum absolute atomic E-state index is 0.0536. The summed E-state index contributed by atoms with van der Waals surface area (Å²) in [7, 11) is -4.61. The van der Waals surface area contributed by atoms with Crippen LogP contribution in [-0.4, -0.2) is 141 Å². The fourth-order valence-corrected chi connectivity index (χ4v) is 11.6. The Morgan fingerprint density at radius 2 is 1.76 bits per heavy atom. The van der Waals surface area contributed by atoms with Crippen molar-refractivity contribution in [2.75, 3.05) is 100 Å². The molecule has 0 saturated carbocycles. The van der Waals surface area contributed by atoms with Gasteiger partial charge in [0, 0.05) is 100 Å². The lowest BCUT2D eigenvalue weighted by molar-refractivity contribution is -0.384. The maximum absolute atomic E-state index is 14.4. The molecule has 6 heterocycles. The number of halogens is 1. The summed E-state index contributed by atoms with van der Waals surface area (Å²) in [4.78, 5) is 56.4. The molecule has 2 aromatic heterocycles. The number of anilines is 4. The first kappa shape index (κ1) is 47.3. The maximum atomic E-state index is 14.4. The molecule has 3 amide bonds. The van der Waals surface area contributed by atoms with E-state index >= 15 is 0 Å². The van der Waals surface area contributed by atoms with E-state index in [9.17, 15) is 28.1 Å². The minimum Gasteiger partial charge on any atom is -0.474 e. The van der Waals surface area contributed by atoms with Crippen LogP contribution in [0.3, 0.4) is 0 Å². The Bertz CT molecular complexity index is 2970. The monoisotopic (exact) mass is 991 g/mol. The van der Waals surface area contributed by atoms with E-state index in [0.717, 1.165) is 87.1 Å². The summed E-state index contributed by atoms with van der Waals surface area (Å²) in [5.74, 6) is -0.518. The zero-order valence-electron chi connectivity index (χ0n) is 39.4. The molecule has 1 atom stereocenters. The van der Waals surface area contributed by atoms with Gasteiger partial charge in [-0.05, 0) is 96.8 Å². The van der Waals surface area contributed by atoms with E-state index in [4.69, 9.17) is 21.3 Å². The van der Waals surface area contributed by atoms with Crippen LogP contribution in [0, 0.1) is 15.5 Å². The molecule has 1 unspecified atom stereocenters. The number of amides is 3. The minimum atomic E-state index is -4.61. The number of nitrogens with one attached hydrogen (secondary N) is 4. The van der Waals surface area contributed by atoms with Crippen LogP contribution in [0.4, 0.5) is 33.2 Å². The van der Waals surface area contributed by atoms with Gasteiger partial charge in [-0.2, -0.15) is 4.98 Å². The van der Waals surface area contributed by atoms with Gasteiger partial charge in [0.25, 0.3) is 21.6 Å². The molecule has 1 aliphatic carbocycles. The zero-order chi connectivity index (χ0) is 48.7. The van der Waals surface area contributed by atoms with Crippen molar-refractivity contribution >= 4 is 78.6 Å². The molecule has 4 N–H and O–H groups in total. The lowest BCUT2D eigenvalue weighted by Gasteiger charge is -2.39. The van der Waals surface area contributed by atoms with E-state index in [2.05, 4.69) is 61.0 Å². The number of sulfonamides is 1. The lowest BCUT2D eigenvalue weighted by Crippen LogP contribution is -2.47. The van der Waals surface area contributed by atoms with E-state index in [0.29, 0.717) is 62.2 Å². The van der Waals surface area contributed by atoms with Gasteiger partial charge in [0.15, 0.2) is 0 Å². The normalized spacial score (nSPS) is 19.8. The highest BCUT2D eigenvalue weighted by Gasteiger charge is 2.34. The summed E-state index contributed by atoms with van der Waals surface area (Å²) in [5, 5.41) is 19.9. The van der Waals surface area contributed by atoms with Crippen LogP contribution in [0.5, 0.6) is 5.88 Å². The van der Waals surface area contributed by atoms with Crippen molar-refractivity contribution in [2.45, 2.75) is 50.5 Å². The number of hydrogen-bond donors (Lipinski definition) is 4. The molecule has 368 valence electrons. The molecule has 3 fully saturated rings. The molecule has 3 saturated heterocycles. The number of ether oxygens (including phenoxy) is 1. The number of nitro groups is 1. The number of fused-ring (bicyclic) bond motifs is 3. The largest absolute Gasteiger partial charge is 0.474 e. The highest BCUT2D eigenvalue weighted by atomic mass is 35.5. The Kier molecular flexibility index (Phi) is 13.1. The smallest absolute Gasteiger partial charge is 0.317 e. The molecule has 18 nitrogen and oxygen atoms in total. The van der Waals surface area contributed by atoms with Crippen LogP contribution in [-0.2, 0) is 10.0 Å². The van der Waals surface area contributed by atoms with Crippen molar-refractivity contribution in [3.63, 3.8) is 0 Å². The van der Waals surface area contributed by atoms with Crippen molar-refractivity contribution in [2.24, 2.45) is 5.41 Å². The number of allylic oxidation sites excluding steroid dienone is 1. The average molecular weight is 993 g/mol. The Labute approximate surface area is 412 Å². The van der Waals surface area contributed by atoms with E-state index in [1.165, 1.54) is 28.8 Å². The van der Waals surface area contributed by atoms with Crippen molar-refractivity contribution in [1.29, 1.82) is 0 Å². The summed E-state index contributed by atoms with van der Waals surface area (Å²) >= 11 is 6.27. The van der Waals surface area contributed by atoms with Crippen molar-refractivity contribution in [3.05, 3.63) is 111 Å². The van der Waals surface area contributed by atoms with E-state index in [1.54, 1.807) is 12.3 Å². The van der Waals surface area contributed by atoms with E-state index < -0.39 is 31.4 Å². The number of hydrogen-bond acceptors (Lipinski definition) is 13. The third-order valence-electron chi connectivity index (χ3n) is 14.4. The van der Waals surface area contributed by atoms with Gasteiger partial charge in [-0.25, -0.2) is 17.9 Å². The van der Waals surface area contributed by atoms with Gasteiger partial charge in [0.05, 0.1) is 33.7 Å². The van der Waals surface area contributed by atoms with E-state index in [1.807, 2.05) is 46.2 Å². The summed E-state index contributed by atoms with van der Waals surface area (Å²) < 4.78 is 36.3. The molecule has 0 radical (unpaired) electrons. The summed E-state index contributed by atoms with van der Waals surface area (Å²) in [6.45, 7) is 12.9. The molecule has 0 bridgehead atoms. The first-order chi connectivity index (χ1) is 33.7. The Morgan fingerprint density at radius 1 is 0.957 bits per heavy atom. The Hall–Kier alpha value is -6.41. The number of benzene rings is 3. The molecule has 0 spiro atoms. The molecule has 70 heavy (non-hydrogen) atoms. The molecule has 10 rings (SSSR count). The Morgan fingerprint density at radius 3 is 2.56 bits per heavy atom. The molecular weight excluding hydrogens is 934 g/mol. The Balaban J connectivity index is 0.871. The molecule has 5 aliphatic rings. The van der Waals surface area contributed by atoms with Crippen molar-refractivity contribution < 1.29 is 27.7 Å². The third-order valence-corrected chi connectivity index (χ3v) is 16.0.